The summed E-state index contributed by atoms with van der Waals surface area (Å²) in [5.74, 6) is -1.13. The van der Waals surface area contributed by atoms with Crippen molar-refractivity contribution in [3.8, 4) is 6.07 Å². The first-order valence-electron chi connectivity index (χ1n) is 8.23. The van der Waals surface area contributed by atoms with Crippen LogP contribution in [0.1, 0.15) is 26.3 Å². The lowest BCUT2D eigenvalue weighted by Crippen LogP contribution is -2.41. The van der Waals surface area contributed by atoms with Crippen molar-refractivity contribution in [2.75, 3.05) is 16.0 Å². The second-order valence-electron chi connectivity index (χ2n) is 6.48. The van der Waals surface area contributed by atoms with Crippen LogP contribution in [-0.2, 0) is 14.4 Å². The van der Waals surface area contributed by atoms with Crippen LogP contribution in [0.2, 0.25) is 0 Å². The number of rotatable bonds is 5. The van der Waals surface area contributed by atoms with E-state index in [2.05, 4.69) is 16.0 Å². The molecule has 0 aliphatic rings. The van der Waals surface area contributed by atoms with Crippen LogP contribution >= 0.6 is 0 Å². The first-order chi connectivity index (χ1) is 12.7. The second kappa shape index (κ2) is 8.15. The van der Waals surface area contributed by atoms with Crippen LogP contribution < -0.4 is 16.0 Å². The molecule has 3 N–H and O–H groups in total. The molecular weight excluding hydrogens is 344 g/mol. The van der Waals surface area contributed by atoms with E-state index in [1.165, 1.54) is 20.8 Å². The summed E-state index contributed by atoms with van der Waals surface area (Å²) in [5, 5.41) is 16.8. The number of hydrogen-bond acceptors (Lipinski definition) is 4. The van der Waals surface area contributed by atoms with Gasteiger partial charge in [0, 0.05) is 24.0 Å². The molecule has 0 aliphatic heterocycles. The van der Waals surface area contributed by atoms with E-state index in [9.17, 15) is 14.4 Å². The Kier molecular flexibility index (Phi) is 5.93. The minimum Gasteiger partial charge on any atom is -0.326 e. The van der Waals surface area contributed by atoms with Gasteiger partial charge in [0.15, 0.2) is 0 Å². The lowest BCUT2D eigenvalue weighted by molar-refractivity contribution is -0.135. The number of carbonyl (C=O) groups is 3. The molecule has 0 aromatic heterocycles. The summed E-state index contributed by atoms with van der Waals surface area (Å²) in [7, 11) is 0. The van der Waals surface area contributed by atoms with E-state index in [0.717, 1.165) is 0 Å². The van der Waals surface area contributed by atoms with Gasteiger partial charge in [0.05, 0.1) is 11.6 Å². The maximum absolute atomic E-state index is 12.5. The van der Waals surface area contributed by atoms with Gasteiger partial charge in [-0.05, 0) is 62.4 Å². The third-order valence-electron chi connectivity index (χ3n) is 3.87. The SMILES string of the molecule is CC(=O)Nc1ccc(NC(=O)C(C)(C)C(=O)Nc2ccc(C#N)cc2)cc1. The zero-order chi connectivity index (χ0) is 20.0. The Bertz CT molecular complexity index is 894. The van der Waals surface area contributed by atoms with Crippen LogP contribution in [0.3, 0.4) is 0 Å². The Morgan fingerprint density at radius 3 is 1.52 bits per heavy atom. The van der Waals surface area contributed by atoms with Gasteiger partial charge >= 0.3 is 0 Å². The van der Waals surface area contributed by atoms with Gasteiger partial charge in [-0.25, -0.2) is 0 Å². The van der Waals surface area contributed by atoms with E-state index in [4.69, 9.17) is 5.26 Å². The minimum atomic E-state index is -1.33. The third-order valence-corrected chi connectivity index (χ3v) is 3.87. The number of nitriles is 1. The van der Waals surface area contributed by atoms with Gasteiger partial charge in [-0.15, -0.1) is 0 Å². The maximum Gasteiger partial charge on any atom is 0.239 e. The molecule has 0 fully saturated rings. The smallest absolute Gasteiger partial charge is 0.239 e. The zero-order valence-corrected chi connectivity index (χ0v) is 15.3. The lowest BCUT2D eigenvalue weighted by atomic mass is 9.90. The second-order valence-corrected chi connectivity index (χ2v) is 6.48. The molecule has 138 valence electrons. The highest BCUT2D eigenvalue weighted by molar-refractivity contribution is 6.14. The molecule has 2 rings (SSSR count). The summed E-state index contributed by atoms with van der Waals surface area (Å²) in [6.07, 6.45) is 0. The van der Waals surface area contributed by atoms with E-state index < -0.39 is 17.2 Å². The molecule has 0 radical (unpaired) electrons. The van der Waals surface area contributed by atoms with Gasteiger partial charge < -0.3 is 16.0 Å². The van der Waals surface area contributed by atoms with E-state index in [1.54, 1.807) is 48.5 Å². The van der Waals surface area contributed by atoms with E-state index in [0.29, 0.717) is 22.6 Å². The normalized spacial score (nSPS) is 10.4. The Morgan fingerprint density at radius 1 is 0.778 bits per heavy atom. The predicted octanol–water partition coefficient (Wildman–Crippen LogP) is 3.12. The Morgan fingerprint density at radius 2 is 1.15 bits per heavy atom. The highest BCUT2D eigenvalue weighted by Gasteiger charge is 2.36. The summed E-state index contributed by atoms with van der Waals surface area (Å²) >= 11 is 0. The van der Waals surface area contributed by atoms with Gasteiger partial charge in [-0.3, -0.25) is 14.4 Å². The van der Waals surface area contributed by atoms with Gasteiger partial charge in [0.1, 0.15) is 5.41 Å². The number of hydrogen-bond donors (Lipinski definition) is 3. The van der Waals surface area contributed by atoms with Crippen molar-refractivity contribution >= 4 is 34.8 Å². The van der Waals surface area contributed by atoms with Crippen molar-refractivity contribution in [1.82, 2.24) is 0 Å². The Labute approximate surface area is 157 Å². The summed E-state index contributed by atoms with van der Waals surface area (Å²) in [6, 6.07) is 14.9. The third kappa shape index (κ3) is 5.16. The molecule has 0 heterocycles. The average Bonchev–Trinajstić information content (AvgIpc) is 2.63. The zero-order valence-electron chi connectivity index (χ0n) is 15.3. The molecule has 7 nitrogen and oxygen atoms in total. The first-order valence-corrected chi connectivity index (χ1v) is 8.23. The van der Waals surface area contributed by atoms with Crippen LogP contribution in [0.5, 0.6) is 0 Å². The Hall–Kier alpha value is -3.66. The number of benzene rings is 2. The van der Waals surface area contributed by atoms with Gasteiger partial charge in [-0.2, -0.15) is 5.26 Å². The fourth-order valence-corrected chi connectivity index (χ4v) is 2.15. The number of nitrogens with zero attached hydrogens (tertiary/aromatic N) is 1. The molecule has 0 atom stereocenters. The lowest BCUT2D eigenvalue weighted by Gasteiger charge is -2.23. The van der Waals surface area contributed by atoms with Crippen LogP contribution in [0.4, 0.5) is 17.1 Å². The van der Waals surface area contributed by atoms with Crippen molar-refractivity contribution in [3.05, 3.63) is 54.1 Å². The van der Waals surface area contributed by atoms with Crippen molar-refractivity contribution in [2.24, 2.45) is 5.41 Å². The monoisotopic (exact) mass is 364 g/mol. The van der Waals surface area contributed by atoms with Gasteiger partial charge in [-0.1, -0.05) is 0 Å². The van der Waals surface area contributed by atoms with Crippen LogP contribution in [0, 0.1) is 16.7 Å². The average molecular weight is 364 g/mol. The molecule has 3 amide bonds. The topological polar surface area (TPSA) is 111 Å². The van der Waals surface area contributed by atoms with Crippen molar-refractivity contribution < 1.29 is 14.4 Å². The number of nitrogens with one attached hydrogen (secondary N) is 3. The van der Waals surface area contributed by atoms with Crippen molar-refractivity contribution in [3.63, 3.8) is 0 Å². The fourth-order valence-electron chi connectivity index (χ4n) is 2.15. The molecule has 0 saturated heterocycles. The number of amides is 3. The molecule has 0 bridgehead atoms. The summed E-state index contributed by atoms with van der Waals surface area (Å²) in [6.45, 7) is 4.45. The fraction of sp³-hybridized carbons (Fsp3) is 0.200. The minimum absolute atomic E-state index is 0.188. The molecule has 0 aliphatic carbocycles. The maximum atomic E-state index is 12.5. The summed E-state index contributed by atoms with van der Waals surface area (Å²) in [5.41, 5.74) is 0.767. The highest BCUT2D eigenvalue weighted by atomic mass is 16.2. The molecule has 0 saturated carbocycles. The predicted molar refractivity (Wildman–Crippen MR) is 103 cm³/mol. The van der Waals surface area contributed by atoms with E-state index >= 15 is 0 Å². The van der Waals surface area contributed by atoms with Crippen LogP contribution in [0.25, 0.3) is 0 Å². The van der Waals surface area contributed by atoms with E-state index in [-0.39, 0.29) is 5.91 Å². The summed E-state index contributed by atoms with van der Waals surface area (Å²) < 4.78 is 0. The first kappa shape index (κ1) is 19.7. The quantitative estimate of drug-likeness (QED) is 0.708. The molecule has 0 spiro atoms. The molecule has 27 heavy (non-hydrogen) atoms. The van der Waals surface area contributed by atoms with Crippen LogP contribution in [-0.4, -0.2) is 17.7 Å². The van der Waals surface area contributed by atoms with E-state index in [1.807, 2.05) is 6.07 Å². The molecule has 7 heteroatoms. The van der Waals surface area contributed by atoms with Crippen molar-refractivity contribution in [1.29, 1.82) is 5.26 Å². The van der Waals surface area contributed by atoms with Crippen molar-refractivity contribution in [2.45, 2.75) is 20.8 Å². The summed E-state index contributed by atoms with van der Waals surface area (Å²) in [4.78, 5) is 36.1. The standard InChI is InChI=1S/C20H20N4O3/c1-13(25)22-15-8-10-17(11-9-15)24-19(27)20(2,3)18(26)23-16-6-4-14(12-21)5-7-16/h4-11H,1-3H3,(H,22,25)(H,23,26)(H,24,27). The largest absolute Gasteiger partial charge is 0.326 e. The molecular formula is C20H20N4O3. The highest BCUT2D eigenvalue weighted by Crippen LogP contribution is 2.22. The van der Waals surface area contributed by atoms with Gasteiger partial charge in [0.2, 0.25) is 17.7 Å². The molecule has 2 aromatic rings. The number of carbonyl (C=O) groups excluding carboxylic acids is 3. The number of anilines is 3. The Balaban J connectivity index is 2.03. The van der Waals surface area contributed by atoms with Crippen LogP contribution in [0.15, 0.2) is 48.5 Å². The van der Waals surface area contributed by atoms with Gasteiger partial charge in [0.25, 0.3) is 0 Å². The molecule has 2 aromatic carbocycles. The molecule has 0 unspecified atom stereocenters.